The van der Waals surface area contributed by atoms with Crippen molar-refractivity contribution in [2.75, 3.05) is 26.8 Å². The van der Waals surface area contributed by atoms with Crippen LogP contribution in [0.1, 0.15) is 22.5 Å². The largest absolute Gasteiger partial charge is 0.383 e. The van der Waals surface area contributed by atoms with Gasteiger partial charge in [0.05, 0.1) is 24.8 Å². The van der Waals surface area contributed by atoms with Crippen LogP contribution in [0.25, 0.3) is 0 Å². The molecule has 0 aliphatic rings. The SMILES string of the molecule is COCCN(CCC#N)C(=O)c1ccnc(CN)c1. The Labute approximate surface area is 112 Å². The molecule has 1 aromatic rings. The number of hydrogen-bond acceptors (Lipinski definition) is 5. The highest BCUT2D eigenvalue weighted by Crippen LogP contribution is 2.07. The zero-order chi connectivity index (χ0) is 14.1. The molecule has 6 heteroatoms. The van der Waals surface area contributed by atoms with Gasteiger partial charge in [-0.05, 0) is 12.1 Å². The highest BCUT2D eigenvalue weighted by molar-refractivity contribution is 5.94. The van der Waals surface area contributed by atoms with Gasteiger partial charge in [-0.2, -0.15) is 5.26 Å². The first kappa shape index (κ1) is 15.1. The average Bonchev–Trinajstić information content (AvgIpc) is 2.47. The standard InChI is InChI=1S/C13H18N4O2/c1-19-8-7-17(6-2-4-14)13(18)11-3-5-16-12(9-11)10-15/h3,5,9H,2,6-8,10,15H2,1H3. The van der Waals surface area contributed by atoms with Crippen LogP contribution in [0.2, 0.25) is 0 Å². The number of aromatic nitrogens is 1. The summed E-state index contributed by atoms with van der Waals surface area (Å²) in [6, 6.07) is 5.36. The number of carbonyl (C=O) groups excluding carboxylic acids is 1. The second-order valence-electron chi connectivity index (χ2n) is 3.93. The van der Waals surface area contributed by atoms with Crippen LogP contribution in [0, 0.1) is 11.3 Å². The minimum Gasteiger partial charge on any atom is -0.383 e. The number of ether oxygens (including phenoxy) is 1. The van der Waals surface area contributed by atoms with E-state index in [2.05, 4.69) is 4.98 Å². The van der Waals surface area contributed by atoms with Crippen molar-refractivity contribution < 1.29 is 9.53 Å². The van der Waals surface area contributed by atoms with Crippen molar-refractivity contribution in [2.45, 2.75) is 13.0 Å². The lowest BCUT2D eigenvalue weighted by Crippen LogP contribution is -2.34. The summed E-state index contributed by atoms with van der Waals surface area (Å²) in [6.07, 6.45) is 1.86. The first-order valence-corrected chi connectivity index (χ1v) is 6.03. The molecule has 0 atom stereocenters. The Morgan fingerprint density at radius 3 is 3.00 bits per heavy atom. The first-order chi connectivity index (χ1) is 9.22. The highest BCUT2D eigenvalue weighted by atomic mass is 16.5. The third-order valence-electron chi connectivity index (χ3n) is 2.62. The van der Waals surface area contributed by atoms with Crippen molar-refractivity contribution in [2.24, 2.45) is 5.73 Å². The molecule has 102 valence electrons. The summed E-state index contributed by atoms with van der Waals surface area (Å²) >= 11 is 0. The van der Waals surface area contributed by atoms with Crippen LogP contribution in [-0.4, -0.2) is 42.6 Å². The molecule has 19 heavy (non-hydrogen) atoms. The summed E-state index contributed by atoms with van der Waals surface area (Å²) in [5.74, 6) is -0.135. The minimum absolute atomic E-state index is 0.135. The molecule has 0 spiro atoms. The number of nitrogens with zero attached hydrogens (tertiary/aromatic N) is 3. The summed E-state index contributed by atoms with van der Waals surface area (Å²) in [4.78, 5) is 18.0. The third-order valence-corrected chi connectivity index (χ3v) is 2.62. The molecule has 2 N–H and O–H groups in total. The number of methoxy groups -OCH3 is 1. The second-order valence-corrected chi connectivity index (χ2v) is 3.93. The quantitative estimate of drug-likeness (QED) is 0.774. The number of rotatable bonds is 7. The Morgan fingerprint density at radius 2 is 2.37 bits per heavy atom. The lowest BCUT2D eigenvalue weighted by molar-refractivity contribution is 0.0699. The Balaban J connectivity index is 2.81. The Bertz CT molecular complexity index is 456. The zero-order valence-corrected chi connectivity index (χ0v) is 11.0. The van der Waals surface area contributed by atoms with E-state index in [9.17, 15) is 4.79 Å². The molecule has 0 fully saturated rings. The van der Waals surface area contributed by atoms with E-state index in [4.69, 9.17) is 15.7 Å². The molecule has 1 heterocycles. The van der Waals surface area contributed by atoms with Gasteiger partial charge in [-0.25, -0.2) is 0 Å². The second kappa shape index (κ2) is 8.19. The molecule has 0 saturated heterocycles. The molecule has 0 saturated carbocycles. The van der Waals surface area contributed by atoms with E-state index < -0.39 is 0 Å². The Kier molecular flexibility index (Phi) is 6.50. The number of amides is 1. The maximum Gasteiger partial charge on any atom is 0.254 e. The van der Waals surface area contributed by atoms with Crippen LogP contribution in [0.15, 0.2) is 18.3 Å². The van der Waals surface area contributed by atoms with Crippen LogP contribution in [0.3, 0.4) is 0 Å². The first-order valence-electron chi connectivity index (χ1n) is 6.03. The number of hydrogen-bond donors (Lipinski definition) is 1. The fraction of sp³-hybridized carbons (Fsp3) is 0.462. The number of pyridine rings is 1. The van der Waals surface area contributed by atoms with E-state index in [0.29, 0.717) is 37.4 Å². The van der Waals surface area contributed by atoms with Crippen molar-refractivity contribution in [3.05, 3.63) is 29.6 Å². The van der Waals surface area contributed by atoms with E-state index >= 15 is 0 Å². The summed E-state index contributed by atoms with van der Waals surface area (Å²) in [5.41, 5.74) is 6.70. The predicted molar refractivity (Wildman–Crippen MR) is 70.1 cm³/mol. The van der Waals surface area contributed by atoms with E-state index in [0.717, 1.165) is 0 Å². The molecule has 0 bridgehead atoms. The smallest absolute Gasteiger partial charge is 0.254 e. The van der Waals surface area contributed by atoms with Crippen molar-refractivity contribution in [1.82, 2.24) is 9.88 Å². The van der Waals surface area contributed by atoms with Crippen molar-refractivity contribution in [3.8, 4) is 6.07 Å². The van der Waals surface area contributed by atoms with Gasteiger partial charge >= 0.3 is 0 Å². The molecule has 1 aromatic heterocycles. The molecule has 0 radical (unpaired) electrons. The zero-order valence-electron chi connectivity index (χ0n) is 11.0. The highest BCUT2D eigenvalue weighted by Gasteiger charge is 2.15. The van der Waals surface area contributed by atoms with Crippen LogP contribution in [-0.2, 0) is 11.3 Å². The van der Waals surface area contributed by atoms with Gasteiger partial charge in [0, 0.05) is 38.5 Å². The molecule has 1 amide bonds. The van der Waals surface area contributed by atoms with E-state index in [1.165, 1.54) is 0 Å². The van der Waals surface area contributed by atoms with E-state index in [1.54, 1.807) is 30.3 Å². The normalized spacial score (nSPS) is 9.95. The fourth-order valence-corrected chi connectivity index (χ4v) is 1.61. The summed E-state index contributed by atoms with van der Waals surface area (Å²) < 4.78 is 4.97. The van der Waals surface area contributed by atoms with Gasteiger partial charge in [0.2, 0.25) is 0 Å². The lowest BCUT2D eigenvalue weighted by atomic mass is 10.2. The average molecular weight is 262 g/mol. The number of nitrogens with two attached hydrogens (primary N) is 1. The number of carbonyl (C=O) groups is 1. The van der Waals surface area contributed by atoms with Crippen molar-refractivity contribution in [3.63, 3.8) is 0 Å². The minimum atomic E-state index is -0.135. The number of nitriles is 1. The lowest BCUT2D eigenvalue weighted by Gasteiger charge is -2.21. The molecule has 0 aliphatic carbocycles. The van der Waals surface area contributed by atoms with Crippen molar-refractivity contribution in [1.29, 1.82) is 5.26 Å². The molecule has 6 nitrogen and oxygen atoms in total. The van der Waals surface area contributed by atoms with Crippen molar-refractivity contribution >= 4 is 5.91 Å². The van der Waals surface area contributed by atoms with Gasteiger partial charge in [0.1, 0.15) is 0 Å². The van der Waals surface area contributed by atoms with Crippen LogP contribution in [0.4, 0.5) is 0 Å². The Hall–Kier alpha value is -1.97. The van der Waals surface area contributed by atoms with Gasteiger partial charge < -0.3 is 15.4 Å². The molecule has 1 rings (SSSR count). The molecular formula is C13H18N4O2. The monoisotopic (exact) mass is 262 g/mol. The van der Waals surface area contributed by atoms with Crippen LogP contribution < -0.4 is 5.73 Å². The van der Waals surface area contributed by atoms with Gasteiger partial charge in [-0.1, -0.05) is 0 Å². The van der Waals surface area contributed by atoms with Gasteiger partial charge in [-0.15, -0.1) is 0 Å². The molecule has 0 aromatic carbocycles. The summed E-state index contributed by atoms with van der Waals surface area (Å²) in [7, 11) is 1.58. The Morgan fingerprint density at radius 1 is 1.58 bits per heavy atom. The third kappa shape index (κ3) is 4.66. The summed E-state index contributed by atoms with van der Waals surface area (Å²) in [6.45, 7) is 1.57. The van der Waals surface area contributed by atoms with Gasteiger partial charge in [0.15, 0.2) is 0 Å². The molecule has 0 aliphatic heterocycles. The fourth-order valence-electron chi connectivity index (χ4n) is 1.61. The van der Waals surface area contributed by atoms with Crippen LogP contribution >= 0.6 is 0 Å². The predicted octanol–water partition coefficient (Wildman–Crippen LogP) is 0.543. The molecular weight excluding hydrogens is 244 g/mol. The maximum atomic E-state index is 12.3. The summed E-state index contributed by atoms with van der Waals surface area (Å²) in [5, 5.41) is 8.63. The van der Waals surface area contributed by atoms with Crippen LogP contribution in [0.5, 0.6) is 0 Å². The van der Waals surface area contributed by atoms with E-state index in [1.807, 2.05) is 6.07 Å². The van der Waals surface area contributed by atoms with Gasteiger partial charge in [0.25, 0.3) is 5.91 Å². The molecule has 0 unspecified atom stereocenters. The van der Waals surface area contributed by atoms with E-state index in [-0.39, 0.29) is 12.5 Å². The van der Waals surface area contributed by atoms with Gasteiger partial charge in [-0.3, -0.25) is 9.78 Å². The maximum absolute atomic E-state index is 12.3. The topological polar surface area (TPSA) is 92.2 Å².